The Morgan fingerprint density at radius 2 is 2.15 bits per heavy atom. The molecule has 0 radical (unpaired) electrons. The van der Waals surface area contributed by atoms with E-state index < -0.39 is 0 Å². The minimum absolute atomic E-state index is 0.174. The molecular formula is C11H16O2. The molecule has 1 atom stereocenters. The molecule has 0 aliphatic carbocycles. The van der Waals surface area contributed by atoms with Crippen molar-refractivity contribution in [3.63, 3.8) is 0 Å². The second-order valence-corrected chi connectivity index (χ2v) is 2.96. The van der Waals surface area contributed by atoms with Crippen LogP contribution in [0.25, 0.3) is 0 Å². The molecule has 1 aromatic carbocycles. The molecule has 72 valence electrons. The van der Waals surface area contributed by atoms with Gasteiger partial charge in [0.05, 0.1) is 0 Å². The molecule has 0 heterocycles. The Kier molecular flexibility index (Phi) is 3.77. The number of benzene rings is 1. The van der Waals surface area contributed by atoms with Crippen molar-refractivity contribution in [1.29, 1.82) is 0 Å². The van der Waals surface area contributed by atoms with Gasteiger partial charge in [-0.15, -0.1) is 0 Å². The lowest BCUT2D eigenvalue weighted by atomic mass is 10.2. The first-order valence-corrected chi connectivity index (χ1v) is 4.57. The van der Waals surface area contributed by atoms with E-state index in [-0.39, 0.29) is 6.29 Å². The summed E-state index contributed by atoms with van der Waals surface area (Å²) in [5.74, 6) is 0.862. The van der Waals surface area contributed by atoms with Gasteiger partial charge in [-0.05, 0) is 38.5 Å². The summed E-state index contributed by atoms with van der Waals surface area (Å²) >= 11 is 0. The Labute approximate surface area is 79.5 Å². The highest BCUT2D eigenvalue weighted by molar-refractivity contribution is 5.27. The molecule has 0 amide bonds. The van der Waals surface area contributed by atoms with Crippen molar-refractivity contribution in [2.75, 3.05) is 6.61 Å². The van der Waals surface area contributed by atoms with Crippen molar-refractivity contribution >= 4 is 0 Å². The Hall–Kier alpha value is -1.02. The smallest absolute Gasteiger partial charge is 0.196 e. The van der Waals surface area contributed by atoms with Crippen LogP contribution in [0.5, 0.6) is 5.75 Å². The van der Waals surface area contributed by atoms with E-state index in [0.717, 1.165) is 5.75 Å². The minimum Gasteiger partial charge on any atom is -0.465 e. The molecule has 2 nitrogen and oxygen atoms in total. The quantitative estimate of drug-likeness (QED) is 0.663. The Morgan fingerprint density at radius 1 is 1.38 bits per heavy atom. The molecule has 1 unspecified atom stereocenters. The zero-order valence-corrected chi connectivity index (χ0v) is 8.41. The summed E-state index contributed by atoms with van der Waals surface area (Å²) in [7, 11) is 0. The van der Waals surface area contributed by atoms with Gasteiger partial charge in [0.15, 0.2) is 6.29 Å². The summed E-state index contributed by atoms with van der Waals surface area (Å²) in [5, 5.41) is 0. The molecular weight excluding hydrogens is 164 g/mol. The monoisotopic (exact) mass is 180 g/mol. The molecule has 2 heteroatoms. The molecule has 0 aliphatic rings. The molecule has 0 N–H and O–H groups in total. The molecule has 0 fully saturated rings. The van der Waals surface area contributed by atoms with Crippen LogP contribution in [-0.4, -0.2) is 12.9 Å². The van der Waals surface area contributed by atoms with E-state index in [1.165, 1.54) is 5.56 Å². The number of ether oxygens (including phenoxy) is 2. The van der Waals surface area contributed by atoms with Crippen LogP contribution in [-0.2, 0) is 4.74 Å². The van der Waals surface area contributed by atoms with Crippen molar-refractivity contribution < 1.29 is 9.47 Å². The van der Waals surface area contributed by atoms with Gasteiger partial charge in [0, 0.05) is 6.61 Å². The third-order valence-electron chi connectivity index (χ3n) is 1.69. The molecule has 0 saturated carbocycles. The fourth-order valence-electron chi connectivity index (χ4n) is 1.15. The standard InChI is InChI=1S/C11H16O2/c1-4-12-10(3)13-11-7-5-6-9(2)8-11/h5-8,10H,4H2,1-3H3. The average Bonchev–Trinajstić information content (AvgIpc) is 2.04. The van der Waals surface area contributed by atoms with Gasteiger partial charge in [-0.3, -0.25) is 0 Å². The van der Waals surface area contributed by atoms with Crippen LogP contribution < -0.4 is 4.74 Å². The summed E-state index contributed by atoms with van der Waals surface area (Å²) in [5.41, 5.74) is 1.20. The van der Waals surface area contributed by atoms with E-state index in [0.29, 0.717) is 6.61 Å². The van der Waals surface area contributed by atoms with Gasteiger partial charge < -0.3 is 9.47 Å². The van der Waals surface area contributed by atoms with Crippen molar-refractivity contribution in [2.45, 2.75) is 27.1 Å². The van der Waals surface area contributed by atoms with E-state index in [2.05, 4.69) is 0 Å². The first-order valence-electron chi connectivity index (χ1n) is 4.57. The molecule has 0 bridgehead atoms. The number of hydrogen-bond donors (Lipinski definition) is 0. The highest BCUT2D eigenvalue weighted by Crippen LogP contribution is 2.14. The molecule has 13 heavy (non-hydrogen) atoms. The first kappa shape index (κ1) is 10.1. The summed E-state index contributed by atoms with van der Waals surface area (Å²) < 4.78 is 10.8. The SMILES string of the molecule is CCOC(C)Oc1cccc(C)c1. The zero-order chi connectivity index (χ0) is 9.68. The third-order valence-corrected chi connectivity index (χ3v) is 1.69. The second kappa shape index (κ2) is 4.87. The van der Waals surface area contributed by atoms with Gasteiger partial charge in [0.2, 0.25) is 0 Å². The van der Waals surface area contributed by atoms with Crippen molar-refractivity contribution in [3.05, 3.63) is 29.8 Å². The predicted molar refractivity (Wildman–Crippen MR) is 52.9 cm³/mol. The lowest BCUT2D eigenvalue weighted by molar-refractivity contribution is -0.0613. The normalized spacial score (nSPS) is 12.5. The minimum atomic E-state index is -0.174. The average molecular weight is 180 g/mol. The third kappa shape index (κ3) is 3.47. The maximum atomic E-state index is 5.51. The highest BCUT2D eigenvalue weighted by Gasteiger charge is 2.01. The summed E-state index contributed by atoms with van der Waals surface area (Å²) in [4.78, 5) is 0. The van der Waals surface area contributed by atoms with Crippen LogP contribution in [0, 0.1) is 6.92 Å². The van der Waals surface area contributed by atoms with E-state index in [9.17, 15) is 0 Å². The van der Waals surface area contributed by atoms with E-state index >= 15 is 0 Å². The lowest BCUT2D eigenvalue weighted by Crippen LogP contribution is -2.15. The maximum Gasteiger partial charge on any atom is 0.196 e. The van der Waals surface area contributed by atoms with Crippen LogP contribution in [0.2, 0.25) is 0 Å². The molecule has 0 aliphatic heterocycles. The van der Waals surface area contributed by atoms with Crippen LogP contribution in [0.1, 0.15) is 19.4 Å². The van der Waals surface area contributed by atoms with Crippen LogP contribution >= 0.6 is 0 Å². The van der Waals surface area contributed by atoms with E-state index in [4.69, 9.17) is 9.47 Å². The van der Waals surface area contributed by atoms with Crippen LogP contribution in [0.15, 0.2) is 24.3 Å². The maximum absolute atomic E-state index is 5.51. The van der Waals surface area contributed by atoms with Crippen LogP contribution in [0.4, 0.5) is 0 Å². The van der Waals surface area contributed by atoms with Gasteiger partial charge in [0.1, 0.15) is 5.75 Å². The van der Waals surface area contributed by atoms with E-state index in [1.54, 1.807) is 0 Å². The van der Waals surface area contributed by atoms with Gasteiger partial charge in [-0.2, -0.15) is 0 Å². The van der Waals surface area contributed by atoms with Gasteiger partial charge in [-0.25, -0.2) is 0 Å². The molecule has 1 rings (SSSR count). The Morgan fingerprint density at radius 3 is 2.77 bits per heavy atom. The highest BCUT2D eigenvalue weighted by atomic mass is 16.7. The topological polar surface area (TPSA) is 18.5 Å². The number of rotatable bonds is 4. The van der Waals surface area contributed by atoms with Crippen molar-refractivity contribution in [1.82, 2.24) is 0 Å². The molecule has 0 aromatic heterocycles. The fourth-order valence-corrected chi connectivity index (χ4v) is 1.15. The number of aryl methyl sites for hydroxylation is 1. The molecule has 0 saturated heterocycles. The lowest BCUT2D eigenvalue weighted by Gasteiger charge is -2.14. The fraction of sp³-hybridized carbons (Fsp3) is 0.455. The molecule has 0 spiro atoms. The predicted octanol–water partition coefficient (Wildman–Crippen LogP) is 2.76. The molecule has 1 aromatic rings. The Balaban J connectivity index is 2.53. The second-order valence-electron chi connectivity index (χ2n) is 2.96. The van der Waals surface area contributed by atoms with Gasteiger partial charge in [-0.1, -0.05) is 12.1 Å². The number of hydrogen-bond acceptors (Lipinski definition) is 2. The zero-order valence-electron chi connectivity index (χ0n) is 8.41. The van der Waals surface area contributed by atoms with Crippen LogP contribution in [0.3, 0.4) is 0 Å². The summed E-state index contributed by atoms with van der Waals surface area (Å²) in [6.07, 6.45) is -0.174. The van der Waals surface area contributed by atoms with E-state index in [1.807, 2.05) is 45.0 Å². The van der Waals surface area contributed by atoms with Crippen molar-refractivity contribution in [3.8, 4) is 5.75 Å². The summed E-state index contributed by atoms with van der Waals surface area (Å²) in [6, 6.07) is 7.94. The van der Waals surface area contributed by atoms with Gasteiger partial charge >= 0.3 is 0 Å². The van der Waals surface area contributed by atoms with Crippen molar-refractivity contribution in [2.24, 2.45) is 0 Å². The first-order chi connectivity index (χ1) is 6.22. The largest absolute Gasteiger partial charge is 0.465 e. The Bertz CT molecular complexity index is 258. The van der Waals surface area contributed by atoms with Gasteiger partial charge in [0.25, 0.3) is 0 Å². The summed E-state index contributed by atoms with van der Waals surface area (Å²) in [6.45, 7) is 6.56.